The molecule has 1 atom stereocenters. The molecule has 26 heavy (non-hydrogen) atoms. The van der Waals surface area contributed by atoms with Gasteiger partial charge in [-0.15, -0.1) is 0 Å². The van der Waals surface area contributed by atoms with Gasteiger partial charge in [0.2, 0.25) is 0 Å². The van der Waals surface area contributed by atoms with E-state index in [4.69, 9.17) is 37.8 Å². The Kier molecular flexibility index (Phi) is 4.86. The van der Waals surface area contributed by atoms with Crippen LogP contribution in [0.2, 0.25) is 10.0 Å². The Morgan fingerprint density at radius 1 is 1.23 bits per heavy atom. The number of ketones is 1. The number of carbonyl (C=O) groups is 2. The molecule has 0 amide bonds. The second-order valence-corrected chi connectivity index (χ2v) is 7.01. The van der Waals surface area contributed by atoms with Gasteiger partial charge < -0.3 is 14.6 Å². The number of methoxy groups -OCH3 is 1. The van der Waals surface area contributed by atoms with Gasteiger partial charge in [0.15, 0.2) is 12.4 Å². The minimum atomic E-state index is -1.13. The molecular formula is C19H16Cl2O5. The van der Waals surface area contributed by atoms with Gasteiger partial charge in [-0.25, -0.2) is 4.79 Å². The van der Waals surface area contributed by atoms with E-state index in [0.29, 0.717) is 23.3 Å². The normalized spacial score (nSPS) is 18.5. The maximum atomic E-state index is 13.2. The average Bonchev–Trinajstić information content (AvgIpc) is 2.88. The van der Waals surface area contributed by atoms with E-state index in [1.165, 1.54) is 0 Å². The van der Waals surface area contributed by atoms with E-state index >= 15 is 0 Å². The van der Waals surface area contributed by atoms with E-state index in [-0.39, 0.29) is 21.6 Å². The molecule has 0 heterocycles. The molecule has 0 aliphatic heterocycles. The van der Waals surface area contributed by atoms with Crippen LogP contribution in [0.5, 0.6) is 11.5 Å². The van der Waals surface area contributed by atoms with E-state index in [9.17, 15) is 9.59 Å². The van der Waals surface area contributed by atoms with Crippen LogP contribution < -0.4 is 9.47 Å². The number of carboxylic acids is 1. The fourth-order valence-corrected chi connectivity index (χ4v) is 3.84. The summed E-state index contributed by atoms with van der Waals surface area (Å²) in [5.41, 5.74) is 0.891. The summed E-state index contributed by atoms with van der Waals surface area (Å²) in [6, 6.07) is 8.91. The van der Waals surface area contributed by atoms with Crippen molar-refractivity contribution in [1.82, 2.24) is 0 Å². The van der Waals surface area contributed by atoms with E-state index in [0.717, 1.165) is 5.56 Å². The van der Waals surface area contributed by atoms with Crippen LogP contribution in [0.3, 0.4) is 0 Å². The van der Waals surface area contributed by atoms with Crippen molar-refractivity contribution in [1.29, 1.82) is 0 Å². The molecule has 0 saturated carbocycles. The summed E-state index contributed by atoms with van der Waals surface area (Å²) in [5.74, 6) is -0.531. The van der Waals surface area contributed by atoms with Crippen molar-refractivity contribution < 1.29 is 24.2 Å². The third kappa shape index (κ3) is 2.91. The fraction of sp³-hybridized carbons (Fsp3) is 0.263. The molecule has 3 rings (SSSR count). The summed E-state index contributed by atoms with van der Waals surface area (Å²) in [5, 5.41) is 8.90. The van der Waals surface area contributed by atoms with Gasteiger partial charge in [0.05, 0.1) is 17.5 Å². The molecule has 136 valence electrons. The lowest BCUT2D eigenvalue weighted by atomic mass is 9.78. The summed E-state index contributed by atoms with van der Waals surface area (Å²) in [7, 11) is 1.55. The Morgan fingerprint density at radius 3 is 2.58 bits per heavy atom. The maximum absolute atomic E-state index is 13.2. The number of aliphatic carboxylic acids is 1. The maximum Gasteiger partial charge on any atom is 0.341 e. The monoisotopic (exact) mass is 394 g/mol. The van der Waals surface area contributed by atoms with Crippen LogP contribution in [0.4, 0.5) is 0 Å². The molecule has 0 bridgehead atoms. The molecule has 0 spiro atoms. The number of Topliss-reactive ketones (excluding diaryl/α,β-unsaturated/α-hetero) is 1. The Hall–Kier alpha value is -2.24. The average molecular weight is 395 g/mol. The van der Waals surface area contributed by atoms with Crippen LogP contribution >= 0.6 is 23.2 Å². The fourth-order valence-electron chi connectivity index (χ4n) is 3.34. The highest BCUT2D eigenvalue weighted by molar-refractivity contribution is 6.45. The van der Waals surface area contributed by atoms with Gasteiger partial charge in [-0.05, 0) is 31.0 Å². The largest absolute Gasteiger partial charge is 0.496 e. The quantitative estimate of drug-likeness (QED) is 0.823. The van der Waals surface area contributed by atoms with Crippen LogP contribution in [0.15, 0.2) is 30.3 Å². The number of halogens is 2. The standard InChI is InChI=1S/C19H16Cl2O5/c1-19(11-5-3-4-6-12(11)25-2)8-10-7-13(26-9-14(22)23)16(20)17(21)15(10)18(19)24/h3-7H,8-9H2,1-2H3,(H,22,23). The summed E-state index contributed by atoms with van der Waals surface area (Å²) in [4.78, 5) is 23.9. The lowest BCUT2D eigenvalue weighted by Gasteiger charge is -2.24. The second kappa shape index (κ2) is 6.82. The van der Waals surface area contributed by atoms with E-state index < -0.39 is 18.0 Å². The molecule has 1 aliphatic carbocycles. The Balaban J connectivity index is 2.09. The lowest BCUT2D eigenvalue weighted by Crippen LogP contribution is -2.29. The SMILES string of the molecule is COc1ccccc1C1(C)Cc2cc(OCC(=O)O)c(Cl)c(Cl)c2C1=O. The number of carbonyl (C=O) groups excluding carboxylic acids is 1. The van der Waals surface area contributed by atoms with Gasteiger partial charge in [-0.1, -0.05) is 41.4 Å². The number of ether oxygens (including phenoxy) is 2. The highest BCUT2D eigenvalue weighted by Gasteiger charge is 2.46. The molecular weight excluding hydrogens is 379 g/mol. The van der Waals surface area contributed by atoms with E-state index in [1.54, 1.807) is 19.2 Å². The van der Waals surface area contributed by atoms with Gasteiger partial charge in [-0.3, -0.25) is 4.79 Å². The molecule has 0 aromatic heterocycles. The number of carboxylic acid groups (broad SMARTS) is 1. The number of rotatable bonds is 5. The number of benzene rings is 2. The van der Waals surface area contributed by atoms with Gasteiger partial charge in [-0.2, -0.15) is 0 Å². The van der Waals surface area contributed by atoms with Gasteiger partial charge in [0.25, 0.3) is 0 Å². The first-order valence-corrected chi connectivity index (χ1v) is 8.59. The molecule has 1 N–H and O–H groups in total. The first-order valence-electron chi connectivity index (χ1n) is 7.83. The predicted molar refractivity (Wildman–Crippen MR) is 98.0 cm³/mol. The molecule has 0 saturated heterocycles. The number of hydrogen-bond donors (Lipinski definition) is 1. The topological polar surface area (TPSA) is 72.8 Å². The number of para-hydroxylation sites is 1. The van der Waals surface area contributed by atoms with Crippen molar-refractivity contribution in [3.05, 3.63) is 57.1 Å². The third-order valence-electron chi connectivity index (χ3n) is 4.58. The van der Waals surface area contributed by atoms with Crippen molar-refractivity contribution in [3.63, 3.8) is 0 Å². The molecule has 2 aromatic rings. The van der Waals surface area contributed by atoms with Crippen LogP contribution in [-0.2, 0) is 16.6 Å². The zero-order valence-corrected chi connectivity index (χ0v) is 15.6. The van der Waals surface area contributed by atoms with Crippen molar-refractivity contribution in [2.75, 3.05) is 13.7 Å². The number of fused-ring (bicyclic) bond motifs is 1. The Morgan fingerprint density at radius 2 is 1.92 bits per heavy atom. The smallest absolute Gasteiger partial charge is 0.341 e. The van der Waals surface area contributed by atoms with E-state index in [2.05, 4.69) is 0 Å². The minimum Gasteiger partial charge on any atom is -0.496 e. The zero-order valence-electron chi connectivity index (χ0n) is 14.1. The molecule has 5 nitrogen and oxygen atoms in total. The molecule has 7 heteroatoms. The van der Waals surface area contributed by atoms with Crippen molar-refractivity contribution in [2.45, 2.75) is 18.8 Å². The third-order valence-corrected chi connectivity index (χ3v) is 5.43. The van der Waals surface area contributed by atoms with E-state index in [1.807, 2.05) is 25.1 Å². The van der Waals surface area contributed by atoms with Crippen molar-refractivity contribution in [2.24, 2.45) is 0 Å². The first kappa shape index (κ1) is 18.5. The predicted octanol–water partition coefficient (Wildman–Crippen LogP) is 4.16. The first-order chi connectivity index (χ1) is 12.3. The highest BCUT2D eigenvalue weighted by atomic mass is 35.5. The van der Waals surface area contributed by atoms with Crippen molar-refractivity contribution >= 4 is 35.0 Å². The molecule has 0 radical (unpaired) electrons. The molecule has 1 aliphatic rings. The van der Waals surface area contributed by atoms with Crippen LogP contribution in [0, 0.1) is 0 Å². The highest BCUT2D eigenvalue weighted by Crippen LogP contribution is 2.48. The lowest BCUT2D eigenvalue weighted by molar-refractivity contribution is -0.139. The van der Waals surface area contributed by atoms with Crippen LogP contribution in [0.1, 0.15) is 28.4 Å². The summed E-state index contributed by atoms with van der Waals surface area (Å²) < 4.78 is 10.6. The van der Waals surface area contributed by atoms with Crippen molar-refractivity contribution in [3.8, 4) is 11.5 Å². The summed E-state index contributed by atoms with van der Waals surface area (Å²) in [6.45, 7) is 1.28. The summed E-state index contributed by atoms with van der Waals surface area (Å²) >= 11 is 12.5. The van der Waals surface area contributed by atoms with Crippen LogP contribution in [-0.4, -0.2) is 30.6 Å². The molecule has 0 fully saturated rings. The van der Waals surface area contributed by atoms with Gasteiger partial charge >= 0.3 is 5.97 Å². The Labute approximate surface area is 160 Å². The molecule has 1 unspecified atom stereocenters. The molecule has 2 aromatic carbocycles. The Bertz CT molecular complexity index is 909. The second-order valence-electron chi connectivity index (χ2n) is 6.26. The van der Waals surface area contributed by atoms with Gasteiger partial charge in [0.1, 0.15) is 16.5 Å². The summed E-state index contributed by atoms with van der Waals surface area (Å²) in [6.07, 6.45) is 0.377. The van der Waals surface area contributed by atoms with Gasteiger partial charge in [0, 0.05) is 11.1 Å². The zero-order chi connectivity index (χ0) is 19.1. The van der Waals surface area contributed by atoms with Crippen LogP contribution in [0.25, 0.3) is 0 Å². The minimum absolute atomic E-state index is 0.0318. The number of hydrogen-bond acceptors (Lipinski definition) is 4.